The summed E-state index contributed by atoms with van der Waals surface area (Å²) in [6, 6.07) is 8.62. The van der Waals surface area contributed by atoms with E-state index in [1.165, 1.54) is 0 Å². The highest BCUT2D eigenvalue weighted by Gasteiger charge is 2.12. The predicted octanol–water partition coefficient (Wildman–Crippen LogP) is 1.98. The van der Waals surface area contributed by atoms with Crippen LogP contribution in [0.2, 0.25) is 0 Å². The molecule has 1 aromatic rings. The molecule has 0 aliphatic carbocycles. The summed E-state index contributed by atoms with van der Waals surface area (Å²) in [4.78, 5) is 0.425. The van der Waals surface area contributed by atoms with Crippen LogP contribution >= 0.6 is 0 Å². The molecule has 1 rings (SSSR count). The lowest BCUT2D eigenvalue weighted by molar-refractivity contribution is 0.588. The summed E-state index contributed by atoms with van der Waals surface area (Å²) in [6.07, 6.45) is 3.65. The Labute approximate surface area is 97.6 Å². The summed E-state index contributed by atoms with van der Waals surface area (Å²) in [5.74, 6) is 0.238. The number of sulfone groups is 1. The molecule has 4 heteroatoms. The molecule has 0 unspecified atom stereocenters. The summed E-state index contributed by atoms with van der Waals surface area (Å²) < 4.78 is 23.7. The lowest BCUT2D eigenvalue weighted by Crippen LogP contribution is -2.07. The van der Waals surface area contributed by atoms with Crippen LogP contribution in [0.3, 0.4) is 0 Å². The Morgan fingerprint density at radius 3 is 2.19 bits per heavy atom. The van der Waals surface area contributed by atoms with Crippen molar-refractivity contribution < 1.29 is 8.42 Å². The monoisotopic (exact) mass is 241 g/mol. The van der Waals surface area contributed by atoms with E-state index in [2.05, 4.69) is 0 Å². The average molecular weight is 241 g/mol. The molecule has 0 fully saturated rings. The van der Waals surface area contributed by atoms with Gasteiger partial charge in [0, 0.05) is 0 Å². The molecule has 0 aromatic heterocycles. The van der Waals surface area contributed by atoms with E-state index >= 15 is 0 Å². The van der Waals surface area contributed by atoms with Gasteiger partial charge in [-0.2, -0.15) is 0 Å². The van der Waals surface area contributed by atoms with Crippen molar-refractivity contribution >= 4 is 9.84 Å². The third kappa shape index (κ3) is 4.33. The number of benzene rings is 1. The zero-order chi connectivity index (χ0) is 11.9. The van der Waals surface area contributed by atoms with Crippen LogP contribution in [-0.2, 0) is 9.84 Å². The second-order valence-corrected chi connectivity index (χ2v) is 5.94. The maximum absolute atomic E-state index is 11.8. The summed E-state index contributed by atoms with van der Waals surface area (Å²) in [6.45, 7) is 0.686. The molecule has 0 radical (unpaired) electrons. The highest BCUT2D eigenvalue weighted by Crippen LogP contribution is 2.12. The van der Waals surface area contributed by atoms with Crippen LogP contribution < -0.4 is 5.73 Å². The van der Waals surface area contributed by atoms with Gasteiger partial charge in [0.2, 0.25) is 0 Å². The minimum absolute atomic E-state index is 0.238. The van der Waals surface area contributed by atoms with Crippen molar-refractivity contribution in [2.75, 3.05) is 12.3 Å². The second kappa shape index (κ2) is 6.66. The Hall–Kier alpha value is -0.870. The normalized spacial score (nSPS) is 11.6. The minimum Gasteiger partial charge on any atom is -0.330 e. The number of rotatable bonds is 7. The molecular weight excluding hydrogens is 222 g/mol. The molecule has 0 spiro atoms. The fourth-order valence-electron chi connectivity index (χ4n) is 1.54. The topological polar surface area (TPSA) is 60.2 Å². The van der Waals surface area contributed by atoms with Gasteiger partial charge in [0.1, 0.15) is 0 Å². The largest absolute Gasteiger partial charge is 0.330 e. The van der Waals surface area contributed by atoms with Gasteiger partial charge in [0.25, 0.3) is 0 Å². The van der Waals surface area contributed by atoms with Crippen LogP contribution in [0.5, 0.6) is 0 Å². The van der Waals surface area contributed by atoms with Gasteiger partial charge in [0.05, 0.1) is 10.6 Å². The zero-order valence-electron chi connectivity index (χ0n) is 9.43. The first-order chi connectivity index (χ1) is 7.67. The van der Waals surface area contributed by atoms with Crippen molar-refractivity contribution in [1.29, 1.82) is 0 Å². The van der Waals surface area contributed by atoms with Crippen LogP contribution in [0.1, 0.15) is 25.7 Å². The van der Waals surface area contributed by atoms with Crippen molar-refractivity contribution in [2.24, 2.45) is 5.73 Å². The summed E-state index contributed by atoms with van der Waals surface area (Å²) in [5.41, 5.74) is 5.37. The Bertz CT molecular complexity index is 387. The maximum Gasteiger partial charge on any atom is 0.178 e. The van der Waals surface area contributed by atoms with Gasteiger partial charge in [-0.05, 0) is 31.5 Å². The van der Waals surface area contributed by atoms with Crippen LogP contribution in [0.25, 0.3) is 0 Å². The molecule has 0 aliphatic rings. The molecule has 3 nitrogen and oxygen atoms in total. The summed E-state index contributed by atoms with van der Waals surface area (Å²) in [5, 5.41) is 0. The van der Waals surface area contributed by atoms with E-state index in [0.29, 0.717) is 11.4 Å². The molecule has 0 heterocycles. The SMILES string of the molecule is NCCCCCCS(=O)(=O)c1ccccc1. The van der Waals surface area contributed by atoms with Crippen molar-refractivity contribution in [3.05, 3.63) is 30.3 Å². The van der Waals surface area contributed by atoms with Crippen molar-refractivity contribution in [3.63, 3.8) is 0 Å². The Kier molecular flexibility index (Phi) is 5.49. The molecule has 90 valence electrons. The van der Waals surface area contributed by atoms with Crippen LogP contribution in [0.4, 0.5) is 0 Å². The van der Waals surface area contributed by atoms with Crippen molar-refractivity contribution in [1.82, 2.24) is 0 Å². The molecule has 0 saturated carbocycles. The first-order valence-electron chi connectivity index (χ1n) is 5.65. The van der Waals surface area contributed by atoms with Gasteiger partial charge in [0.15, 0.2) is 9.84 Å². The highest BCUT2D eigenvalue weighted by molar-refractivity contribution is 7.91. The minimum atomic E-state index is -3.08. The molecular formula is C12H19NO2S. The van der Waals surface area contributed by atoms with E-state index in [1.54, 1.807) is 24.3 Å². The lowest BCUT2D eigenvalue weighted by Gasteiger charge is -2.03. The molecule has 0 aliphatic heterocycles. The maximum atomic E-state index is 11.8. The quantitative estimate of drug-likeness (QED) is 0.742. The third-order valence-electron chi connectivity index (χ3n) is 2.47. The van der Waals surface area contributed by atoms with E-state index in [0.717, 1.165) is 25.7 Å². The van der Waals surface area contributed by atoms with Crippen LogP contribution in [-0.4, -0.2) is 20.7 Å². The fraction of sp³-hybridized carbons (Fsp3) is 0.500. The van der Waals surface area contributed by atoms with E-state index in [1.807, 2.05) is 6.07 Å². The van der Waals surface area contributed by atoms with E-state index in [-0.39, 0.29) is 5.75 Å². The smallest absolute Gasteiger partial charge is 0.178 e. The third-order valence-corrected chi connectivity index (χ3v) is 4.29. The summed E-state index contributed by atoms with van der Waals surface area (Å²) >= 11 is 0. The number of nitrogens with two attached hydrogens (primary N) is 1. The van der Waals surface area contributed by atoms with Crippen LogP contribution in [0, 0.1) is 0 Å². The number of hydrogen-bond donors (Lipinski definition) is 1. The molecule has 1 aromatic carbocycles. The van der Waals surface area contributed by atoms with Gasteiger partial charge in [-0.15, -0.1) is 0 Å². The lowest BCUT2D eigenvalue weighted by atomic mass is 10.2. The zero-order valence-corrected chi connectivity index (χ0v) is 10.2. The molecule has 2 N–H and O–H groups in total. The van der Waals surface area contributed by atoms with Crippen molar-refractivity contribution in [3.8, 4) is 0 Å². The molecule has 0 saturated heterocycles. The predicted molar refractivity (Wildman–Crippen MR) is 66.0 cm³/mol. The molecule has 0 atom stereocenters. The number of unbranched alkanes of at least 4 members (excludes halogenated alkanes) is 3. The van der Waals surface area contributed by atoms with Crippen molar-refractivity contribution in [2.45, 2.75) is 30.6 Å². The Morgan fingerprint density at radius 1 is 0.938 bits per heavy atom. The van der Waals surface area contributed by atoms with Crippen LogP contribution in [0.15, 0.2) is 35.2 Å². The van der Waals surface area contributed by atoms with Gasteiger partial charge < -0.3 is 5.73 Å². The van der Waals surface area contributed by atoms with Gasteiger partial charge in [-0.3, -0.25) is 0 Å². The standard InChI is InChI=1S/C12H19NO2S/c13-10-6-1-2-7-11-16(14,15)12-8-4-3-5-9-12/h3-5,8-9H,1-2,6-7,10-11,13H2. The van der Waals surface area contributed by atoms with Gasteiger partial charge in [-0.25, -0.2) is 8.42 Å². The molecule has 0 bridgehead atoms. The first-order valence-corrected chi connectivity index (χ1v) is 7.30. The summed E-state index contributed by atoms with van der Waals surface area (Å²) in [7, 11) is -3.08. The van der Waals surface area contributed by atoms with Gasteiger partial charge >= 0.3 is 0 Å². The van der Waals surface area contributed by atoms with Gasteiger partial charge in [-0.1, -0.05) is 31.0 Å². The average Bonchev–Trinajstić information content (AvgIpc) is 2.30. The Balaban J connectivity index is 2.41. The highest BCUT2D eigenvalue weighted by atomic mass is 32.2. The molecule has 0 amide bonds. The second-order valence-electron chi connectivity index (χ2n) is 3.83. The van der Waals surface area contributed by atoms with E-state index < -0.39 is 9.84 Å². The van der Waals surface area contributed by atoms with E-state index in [9.17, 15) is 8.42 Å². The fourth-order valence-corrected chi connectivity index (χ4v) is 2.93. The number of hydrogen-bond acceptors (Lipinski definition) is 3. The first kappa shape index (κ1) is 13.2. The Morgan fingerprint density at radius 2 is 1.56 bits per heavy atom. The van der Waals surface area contributed by atoms with E-state index in [4.69, 9.17) is 5.73 Å². The molecule has 16 heavy (non-hydrogen) atoms.